The Kier molecular flexibility index (Phi) is 4.67. The van der Waals surface area contributed by atoms with Crippen molar-refractivity contribution in [2.24, 2.45) is 0 Å². The Bertz CT molecular complexity index is 1030. The van der Waals surface area contributed by atoms with E-state index in [1.807, 2.05) is 31.2 Å². The number of nitrogens with one attached hydrogen (secondary N) is 1. The first kappa shape index (κ1) is 17.0. The van der Waals surface area contributed by atoms with Crippen molar-refractivity contribution < 1.29 is 4.79 Å². The van der Waals surface area contributed by atoms with Crippen LogP contribution >= 0.6 is 11.3 Å². The number of rotatable bonds is 5. The maximum absolute atomic E-state index is 12.5. The zero-order valence-corrected chi connectivity index (χ0v) is 15.2. The molecule has 27 heavy (non-hydrogen) atoms. The topological polar surface area (TPSA) is 98.5 Å². The van der Waals surface area contributed by atoms with Gasteiger partial charge >= 0.3 is 0 Å². The zero-order chi connectivity index (χ0) is 18.6. The van der Waals surface area contributed by atoms with Crippen molar-refractivity contribution >= 4 is 17.2 Å². The van der Waals surface area contributed by atoms with Crippen molar-refractivity contribution in [2.45, 2.75) is 13.0 Å². The molecule has 0 saturated heterocycles. The van der Waals surface area contributed by atoms with E-state index in [0.29, 0.717) is 16.5 Å². The van der Waals surface area contributed by atoms with Crippen LogP contribution in [0.2, 0.25) is 0 Å². The van der Waals surface area contributed by atoms with Crippen LogP contribution in [0, 0.1) is 0 Å². The second-order valence-electron chi connectivity index (χ2n) is 5.74. The van der Waals surface area contributed by atoms with Gasteiger partial charge < -0.3 is 5.32 Å². The molecule has 0 spiro atoms. The van der Waals surface area contributed by atoms with E-state index in [4.69, 9.17) is 0 Å². The summed E-state index contributed by atoms with van der Waals surface area (Å²) in [7, 11) is 0. The molecule has 0 aliphatic rings. The monoisotopic (exact) mass is 377 g/mol. The minimum atomic E-state index is -0.235. The average molecular weight is 377 g/mol. The second-order valence-corrected chi connectivity index (χ2v) is 6.60. The van der Waals surface area contributed by atoms with Crippen LogP contribution in [-0.2, 0) is 0 Å². The Hall–Kier alpha value is -3.46. The van der Waals surface area contributed by atoms with Gasteiger partial charge in [0.05, 0.1) is 11.7 Å². The highest BCUT2D eigenvalue weighted by Crippen LogP contribution is 2.21. The summed E-state index contributed by atoms with van der Waals surface area (Å²) in [5.41, 5.74) is 2.24. The average Bonchev–Trinajstić information content (AvgIpc) is 3.41. The van der Waals surface area contributed by atoms with Gasteiger partial charge in [-0.25, -0.2) is 24.6 Å². The molecule has 0 radical (unpaired) electrons. The van der Waals surface area contributed by atoms with E-state index in [1.54, 1.807) is 34.8 Å². The van der Waals surface area contributed by atoms with Crippen molar-refractivity contribution in [3.05, 3.63) is 72.0 Å². The molecule has 1 aromatic carbocycles. The van der Waals surface area contributed by atoms with E-state index >= 15 is 0 Å². The van der Waals surface area contributed by atoms with E-state index in [0.717, 1.165) is 11.3 Å². The number of amides is 1. The minimum absolute atomic E-state index is 0.166. The van der Waals surface area contributed by atoms with E-state index in [2.05, 4.69) is 30.4 Å². The lowest BCUT2D eigenvalue weighted by atomic mass is 10.1. The van der Waals surface area contributed by atoms with Gasteiger partial charge in [0.2, 0.25) is 0 Å². The molecule has 0 saturated carbocycles. The molecule has 3 aromatic heterocycles. The largest absolute Gasteiger partial charge is 0.344 e. The van der Waals surface area contributed by atoms with Crippen LogP contribution in [0.25, 0.3) is 16.5 Å². The standard InChI is InChI=1S/C18H15N7OS/c1-12(13-3-5-14(6-4-13)25-11-19-10-22-25)23-17(26)15-9-27-18(24-15)16-20-7-2-8-21-16/h2-12H,1H3,(H,23,26). The van der Waals surface area contributed by atoms with E-state index in [9.17, 15) is 4.79 Å². The summed E-state index contributed by atoms with van der Waals surface area (Å²) < 4.78 is 1.68. The molecular weight excluding hydrogens is 362 g/mol. The third-order valence-electron chi connectivity index (χ3n) is 3.92. The molecule has 3 heterocycles. The summed E-state index contributed by atoms with van der Waals surface area (Å²) in [5.74, 6) is 0.277. The molecule has 4 aromatic rings. The predicted molar refractivity (Wildman–Crippen MR) is 100 cm³/mol. The first-order valence-electron chi connectivity index (χ1n) is 8.19. The van der Waals surface area contributed by atoms with Crippen LogP contribution in [0.1, 0.15) is 29.0 Å². The quantitative estimate of drug-likeness (QED) is 0.574. The first-order valence-corrected chi connectivity index (χ1v) is 9.07. The lowest BCUT2D eigenvalue weighted by Crippen LogP contribution is -2.26. The molecule has 1 N–H and O–H groups in total. The highest BCUT2D eigenvalue weighted by atomic mass is 32.1. The van der Waals surface area contributed by atoms with E-state index < -0.39 is 0 Å². The number of nitrogens with zero attached hydrogens (tertiary/aromatic N) is 6. The number of hydrogen-bond acceptors (Lipinski definition) is 7. The third-order valence-corrected chi connectivity index (χ3v) is 4.76. The molecule has 1 unspecified atom stereocenters. The molecule has 9 heteroatoms. The fourth-order valence-corrected chi connectivity index (χ4v) is 3.25. The maximum atomic E-state index is 12.5. The van der Waals surface area contributed by atoms with Gasteiger partial charge in [0.1, 0.15) is 18.3 Å². The molecular formula is C18H15N7OS. The predicted octanol–water partition coefficient (Wildman–Crippen LogP) is 2.67. The molecule has 0 bridgehead atoms. The number of aromatic nitrogens is 6. The van der Waals surface area contributed by atoms with Crippen molar-refractivity contribution in [3.63, 3.8) is 0 Å². The highest BCUT2D eigenvalue weighted by Gasteiger charge is 2.16. The fourth-order valence-electron chi connectivity index (χ4n) is 2.50. The Balaban J connectivity index is 1.44. The summed E-state index contributed by atoms with van der Waals surface area (Å²) >= 11 is 1.34. The van der Waals surface area contributed by atoms with Crippen molar-refractivity contribution in [1.29, 1.82) is 0 Å². The summed E-state index contributed by atoms with van der Waals surface area (Å²) in [4.78, 5) is 29.1. The number of hydrogen-bond donors (Lipinski definition) is 1. The Morgan fingerprint density at radius 3 is 2.67 bits per heavy atom. The summed E-state index contributed by atoms with van der Waals surface area (Å²) in [6.45, 7) is 1.93. The van der Waals surface area contributed by atoms with Gasteiger partial charge in [-0.1, -0.05) is 12.1 Å². The second kappa shape index (κ2) is 7.42. The van der Waals surface area contributed by atoms with Crippen molar-refractivity contribution in [3.8, 4) is 16.5 Å². The van der Waals surface area contributed by atoms with Gasteiger partial charge in [0, 0.05) is 17.8 Å². The smallest absolute Gasteiger partial charge is 0.271 e. The van der Waals surface area contributed by atoms with Crippen LogP contribution < -0.4 is 5.32 Å². The summed E-state index contributed by atoms with van der Waals surface area (Å²) in [6.07, 6.45) is 6.42. The lowest BCUT2D eigenvalue weighted by molar-refractivity contribution is 0.0935. The van der Waals surface area contributed by atoms with Crippen LogP contribution in [0.4, 0.5) is 0 Å². The number of carbonyl (C=O) groups is 1. The molecule has 0 aliphatic heterocycles. The SMILES string of the molecule is CC(NC(=O)c1csc(-c2ncccn2)n1)c1ccc(-n2cncn2)cc1. The molecule has 8 nitrogen and oxygen atoms in total. The van der Waals surface area contributed by atoms with Crippen molar-refractivity contribution in [1.82, 2.24) is 35.0 Å². The molecule has 0 aliphatic carbocycles. The summed E-state index contributed by atoms with van der Waals surface area (Å²) in [5, 5.41) is 9.38. The highest BCUT2D eigenvalue weighted by molar-refractivity contribution is 7.13. The van der Waals surface area contributed by atoms with Crippen LogP contribution in [0.5, 0.6) is 0 Å². The lowest BCUT2D eigenvalue weighted by Gasteiger charge is -2.14. The summed E-state index contributed by atoms with van der Waals surface area (Å²) in [6, 6.07) is 9.33. The van der Waals surface area contributed by atoms with Crippen LogP contribution in [0.15, 0.2) is 60.8 Å². The van der Waals surface area contributed by atoms with E-state index in [-0.39, 0.29) is 11.9 Å². The molecule has 1 amide bonds. The normalized spacial score (nSPS) is 11.9. The molecule has 1 atom stereocenters. The maximum Gasteiger partial charge on any atom is 0.271 e. The Labute approximate surface area is 159 Å². The van der Waals surface area contributed by atoms with Crippen LogP contribution in [0.3, 0.4) is 0 Å². The van der Waals surface area contributed by atoms with Crippen LogP contribution in [-0.4, -0.2) is 35.6 Å². The van der Waals surface area contributed by atoms with Gasteiger partial charge in [-0.05, 0) is 30.7 Å². The number of carbonyl (C=O) groups excluding carboxylic acids is 1. The minimum Gasteiger partial charge on any atom is -0.344 e. The number of thiazole rings is 1. The third kappa shape index (κ3) is 3.72. The van der Waals surface area contributed by atoms with Gasteiger partial charge in [0.15, 0.2) is 10.8 Å². The molecule has 134 valence electrons. The van der Waals surface area contributed by atoms with Gasteiger partial charge in [-0.15, -0.1) is 11.3 Å². The Morgan fingerprint density at radius 1 is 1.19 bits per heavy atom. The first-order chi connectivity index (χ1) is 13.2. The molecule has 4 rings (SSSR count). The van der Waals surface area contributed by atoms with Gasteiger partial charge in [-0.3, -0.25) is 4.79 Å². The van der Waals surface area contributed by atoms with Gasteiger partial charge in [-0.2, -0.15) is 5.10 Å². The van der Waals surface area contributed by atoms with Gasteiger partial charge in [0.25, 0.3) is 5.91 Å². The Morgan fingerprint density at radius 2 is 1.96 bits per heavy atom. The van der Waals surface area contributed by atoms with E-state index in [1.165, 1.54) is 17.7 Å². The van der Waals surface area contributed by atoms with Crippen molar-refractivity contribution in [2.75, 3.05) is 0 Å². The molecule has 0 fully saturated rings. The fraction of sp³-hybridized carbons (Fsp3) is 0.111. The zero-order valence-electron chi connectivity index (χ0n) is 14.4. The number of benzene rings is 1.